The fraction of sp³-hybridized carbons (Fsp3) is 0.238. The minimum Gasteiger partial charge on any atom is -0.490 e. The molecule has 5 nitrogen and oxygen atoms in total. The van der Waals surface area contributed by atoms with Gasteiger partial charge in [0, 0.05) is 6.07 Å². The molecule has 3 rings (SSSR count). The summed E-state index contributed by atoms with van der Waals surface area (Å²) in [5.41, 5.74) is 3.24. The molecule has 0 unspecified atom stereocenters. The Hall–Kier alpha value is -3.08. The van der Waals surface area contributed by atoms with Gasteiger partial charge in [-0.25, -0.2) is 4.79 Å². The molecule has 5 heteroatoms. The molecule has 0 aliphatic heterocycles. The summed E-state index contributed by atoms with van der Waals surface area (Å²) in [5.74, 6) is -0.0718. The van der Waals surface area contributed by atoms with Crippen LogP contribution < -0.4 is 10.2 Å². The number of carbonyl (C=O) groups excluding carboxylic acids is 1. The molecule has 1 heterocycles. The van der Waals surface area contributed by atoms with Crippen LogP contribution in [0.5, 0.6) is 5.75 Å². The first-order valence-corrected chi connectivity index (χ1v) is 8.35. The predicted molar refractivity (Wildman–Crippen MR) is 98.9 cm³/mol. The minimum absolute atomic E-state index is 0.0570. The van der Waals surface area contributed by atoms with E-state index in [1.807, 2.05) is 39.0 Å². The van der Waals surface area contributed by atoms with Crippen LogP contribution in [0.25, 0.3) is 11.0 Å². The molecular formula is C21H20O5. The van der Waals surface area contributed by atoms with E-state index in [2.05, 4.69) is 6.07 Å². The van der Waals surface area contributed by atoms with Crippen molar-refractivity contribution < 1.29 is 18.7 Å². The number of fused-ring (bicyclic) bond motifs is 1. The standard InChI is InChI=1S/C21H20O5/c1-13-4-5-19-17(11-13)18(22)12-20(26-19)21(23)25-7-6-24-16-9-14(2)8-15(3)10-16/h4-5,8-12H,6-7H2,1-3H3. The number of hydrogen-bond acceptors (Lipinski definition) is 5. The summed E-state index contributed by atoms with van der Waals surface area (Å²) >= 11 is 0. The van der Waals surface area contributed by atoms with E-state index in [1.165, 1.54) is 0 Å². The molecule has 0 spiro atoms. The van der Waals surface area contributed by atoms with Crippen LogP contribution in [-0.2, 0) is 4.74 Å². The SMILES string of the molecule is Cc1cc(C)cc(OCCOC(=O)c2cc(=O)c3cc(C)ccc3o2)c1. The molecule has 2 aromatic carbocycles. The third kappa shape index (κ3) is 4.11. The first-order chi connectivity index (χ1) is 12.4. The van der Waals surface area contributed by atoms with E-state index in [9.17, 15) is 9.59 Å². The van der Waals surface area contributed by atoms with Crippen LogP contribution >= 0.6 is 0 Å². The largest absolute Gasteiger partial charge is 0.490 e. The number of ether oxygens (including phenoxy) is 2. The van der Waals surface area contributed by atoms with Crippen molar-refractivity contribution >= 4 is 16.9 Å². The van der Waals surface area contributed by atoms with E-state index >= 15 is 0 Å². The maximum Gasteiger partial charge on any atom is 0.374 e. The first kappa shape index (κ1) is 17.7. The van der Waals surface area contributed by atoms with Gasteiger partial charge < -0.3 is 13.9 Å². The summed E-state index contributed by atoms with van der Waals surface area (Å²) in [5, 5.41) is 0.444. The molecule has 134 valence electrons. The van der Waals surface area contributed by atoms with Gasteiger partial charge in [0.2, 0.25) is 5.76 Å². The van der Waals surface area contributed by atoms with Crippen LogP contribution in [0.1, 0.15) is 27.2 Å². The third-order valence-corrected chi connectivity index (χ3v) is 3.86. The monoisotopic (exact) mass is 352 g/mol. The molecule has 0 aliphatic rings. The Balaban J connectivity index is 1.62. The van der Waals surface area contributed by atoms with E-state index in [-0.39, 0.29) is 24.4 Å². The van der Waals surface area contributed by atoms with Gasteiger partial charge in [0.05, 0.1) is 5.39 Å². The Kier molecular flexibility index (Phi) is 5.07. The molecule has 0 saturated carbocycles. The van der Waals surface area contributed by atoms with Gasteiger partial charge in [-0.15, -0.1) is 0 Å². The summed E-state index contributed by atoms with van der Waals surface area (Å²) in [4.78, 5) is 24.3. The second-order valence-electron chi connectivity index (χ2n) is 6.28. The highest BCUT2D eigenvalue weighted by Crippen LogP contribution is 2.17. The summed E-state index contributed by atoms with van der Waals surface area (Å²) in [7, 11) is 0. The lowest BCUT2D eigenvalue weighted by molar-refractivity contribution is 0.0415. The van der Waals surface area contributed by atoms with Gasteiger partial charge in [0.25, 0.3) is 0 Å². The Morgan fingerprint density at radius 3 is 2.38 bits per heavy atom. The lowest BCUT2D eigenvalue weighted by Gasteiger charge is -2.09. The maximum atomic E-state index is 12.1. The molecule has 3 aromatic rings. The van der Waals surface area contributed by atoms with E-state index in [4.69, 9.17) is 13.9 Å². The van der Waals surface area contributed by atoms with Crippen molar-refractivity contribution in [2.75, 3.05) is 13.2 Å². The molecule has 1 aromatic heterocycles. The van der Waals surface area contributed by atoms with Crippen molar-refractivity contribution in [2.24, 2.45) is 0 Å². The fourth-order valence-electron chi connectivity index (χ4n) is 2.75. The van der Waals surface area contributed by atoms with Crippen molar-refractivity contribution in [3.05, 3.63) is 75.1 Å². The molecule has 0 amide bonds. The number of hydrogen-bond donors (Lipinski definition) is 0. The summed E-state index contributed by atoms with van der Waals surface area (Å²) in [6, 6.07) is 12.3. The van der Waals surface area contributed by atoms with Crippen LogP contribution in [0.4, 0.5) is 0 Å². The van der Waals surface area contributed by atoms with Crippen LogP contribution in [0.15, 0.2) is 51.7 Å². The summed E-state index contributed by atoms with van der Waals surface area (Å²) < 4.78 is 16.2. The number of benzene rings is 2. The highest BCUT2D eigenvalue weighted by Gasteiger charge is 2.14. The zero-order valence-corrected chi connectivity index (χ0v) is 15.0. The zero-order chi connectivity index (χ0) is 18.7. The third-order valence-electron chi connectivity index (χ3n) is 3.86. The van der Waals surface area contributed by atoms with Crippen LogP contribution in [0.2, 0.25) is 0 Å². The van der Waals surface area contributed by atoms with E-state index in [0.29, 0.717) is 11.0 Å². The summed E-state index contributed by atoms with van der Waals surface area (Å²) in [6.07, 6.45) is 0. The van der Waals surface area contributed by atoms with E-state index < -0.39 is 5.97 Å². The van der Waals surface area contributed by atoms with Gasteiger partial charge >= 0.3 is 5.97 Å². The van der Waals surface area contributed by atoms with Gasteiger partial charge in [0.15, 0.2) is 5.43 Å². The summed E-state index contributed by atoms with van der Waals surface area (Å²) in [6.45, 7) is 6.14. The molecule has 0 bridgehead atoms. The topological polar surface area (TPSA) is 65.7 Å². The Bertz CT molecular complexity index is 996. The number of esters is 1. The average Bonchev–Trinajstić information content (AvgIpc) is 2.58. The minimum atomic E-state index is -0.686. The smallest absolute Gasteiger partial charge is 0.374 e. The van der Waals surface area contributed by atoms with E-state index in [1.54, 1.807) is 12.1 Å². The molecule has 0 atom stereocenters. The molecule has 0 radical (unpaired) electrons. The quantitative estimate of drug-likeness (QED) is 0.514. The van der Waals surface area contributed by atoms with Gasteiger partial charge in [0.1, 0.15) is 24.5 Å². The van der Waals surface area contributed by atoms with Crippen molar-refractivity contribution in [2.45, 2.75) is 20.8 Å². The van der Waals surface area contributed by atoms with Crippen molar-refractivity contribution in [3.8, 4) is 5.75 Å². The molecule has 26 heavy (non-hydrogen) atoms. The van der Waals surface area contributed by atoms with Gasteiger partial charge in [-0.3, -0.25) is 4.79 Å². The second kappa shape index (κ2) is 7.44. The molecule has 0 N–H and O–H groups in total. The Labute approximate surface area is 151 Å². The second-order valence-corrected chi connectivity index (χ2v) is 6.28. The maximum absolute atomic E-state index is 12.1. The van der Waals surface area contributed by atoms with Crippen molar-refractivity contribution in [3.63, 3.8) is 0 Å². The normalized spacial score (nSPS) is 10.7. The zero-order valence-electron chi connectivity index (χ0n) is 15.0. The number of aryl methyl sites for hydroxylation is 3. The molecular weight excluding hydrogens is 332 g/mol. The highest BCUT2D eigenvalue weighted by molar-refractivity contribution is 5.89. The van der Waals surface area contributed by atoms with Crippen LogP contribution in [0, 0.1) is 20.8 Å². The molecule has 0 aliphatic carbocycles. The average molecular weight is 352 g/mol. The number of carbonyl (C=O) groups is 1. The highest BCUT2D eigenvalue weighted by atomic mass is 16.6. The number of rotatable bonds is 5. The van der Waals surface area contributed by atoms with Crippen molar-refractivity contribution in [1.29, 1.82) is 0 Å². The van der Waals surface area contributed by atoms with Gasteiger partial charge in [-0.2, -0.15) is 0 Å². The predicted octanol–water partition coefficient (Wildman–Crippen LogP) is 3.95. The van der Waals surface area contributed by atoms with Gasteiger partial charge in [-0.1, -0.05) is 17.7 Å². The van der Waals surface area contributed by atoms with Crippen LogP contribution in [0.3, 0.4) is 0 Å². The van der Waals surface area contributed by atoms with E-state index in [0.717, 1.165) is 28.5 Å². The van der Waals surface area contributed by atoms with Crippen molar-refractivity contribution in [1.82, 2.24) is 0 Å². The lowest BCUT2D eigenvalue weighted by atomic mass is 10.1. The molecule has 0 saturated heterocycles. The van der Waals surface area contributed by atoms with Crippen LogP contribution in [-0.4, -0.2) is 19.2 Å². The Morgan fingerprint density at radius 1 is 0.923 bits per heavy atom. The first-order valence-electron chi connectivity index (χ1n) is 8.35. The van der Waals surface area contributed by atoms with Gasteiger partial charge in [-0.05, 0) is 56.2 Å². The lowest BCUT2D eigenvalue weighted by Crippen LogP contribution is -2.14. The Morgan fingerprint density at radius 2 is 1.65 bits per heavy atom. The molecule has 0 fully saturated rings. The fourth-order valence-corrected chi connectivity index (χ4v) is 2.75.